The van der Waals surface area contributed by atoms with E-state index in [-0.39, 0.29) is 11.7 Å². The molecule has 28 heavy (non-hydrogen) atoms. The van der Waals surface area contributed by atoms with Crippen LogP contribution in [0.2, 0.25) is 5.02 Å². The molecule has 0 atom stereocenters. The Morgan fingerprint density at radius 2 is 2.04 bits per heavy atom. The minimum Gasteiger partial charge on any atom is -0.355 e. The summed E-state index contributed by atoms with van der Waals surface area (Å²) in [6, 6.07) is 12.2. The van der Waals surface area contributed by atoms with Gasteiger partial charge >= 0.3 is 0 Å². The third kappa shape index (κ3) is 3.39. The number of imidazole rings is 1. The molecule has 1 aliphatic rings. The highest BCUT2D eigenvalue weighted by Crippen LogP contribution is 2.42. The van der Waals surface area contributed by atoms with Gasteiger partial charge in [0.1, 0.15) is 11.6 Å². The van der Waals surface area contributed by atoms with Gasteiger partial charge in [-0.15, -0.1) is 0 Å². The first kappa shape index (κ1) is 18.9. The first-order valence-electron chi connectivity index (χ1n) is 9.65. The lowest BCUT2D eigenvalue weighted by Crippen LogP contribution is -2.43. The topological polar surface area (TPSA) is 46.9 Å². The van der Waals surface area contributed by atoms with Crippen LogP contribution < -0.4 is 5.32 Å². The van der Waals surface area contributed by atoms with Crippen LogP contribution in [0.1, 0.15) is 37.1 Å². The lowest BCUT2D eigenvalue weighted by atomic mass is 9.78. The molecule has 3 aromatic rings. The molecule has 4 rings (SSSR count). The van der Waals surface area contributed by atoms with E-state index in [1.807, 2.05) is 35.9 Å². The van der Waals surface area contributed by atoms with Crippen LogP contribution in [0.25, 0.3) is 11.0 Å². The molecule has 0 unspecified atom stereocenters. The maximum atomic E-state index is 13.5. The van der Waals surface area contributed by atoms with Crippen molar-refractivity contribution in [1.29, 1.82) is 0 Å². The van der Waals surface area contributed by atoms with Gasteiger partial charge in [0, 0.05) is 25.0 Å². The lowest BCUT2D eigenvalue weighted by molar-refractivity contribution is -0.126. The van der Waals surface area contributed by atoms with E-state index in [9.17, 15) is 9.18 Å². The number of hydrogen-bond donors (Lipinski definition) is 1. The van der Waals surface area contributed by atoms with E-state index in [0.717, 1.165) is 48.1 Å². The molecule has 146 valence electrons. The fourth-order valence-corrected chi connectivity index (χ4v) is 4.50. The highest BCUT2D eigenvalue weighted by atomic mass is 35.5. The number of fused-ring (bicyclic) bond motifs is 1. The van der Waals surface area contributed by atoms with E-state index < -0.39 is 5.41 Å². The van der Waals surface area contributed by atoms with Crippen LogP contribution in [0.3, 0.4) is 0 Å². The number of halogens is 2. The quantitative estimate of drug-likeness (QED) is 0.684. The number of benzene rings is 2. The molecule has 1 saturated carbocycles. The van der Waals surface area contributed by atoms with Crippen LogP contribution in [0.5, 0.6) is 0 Å². The summed E-state index contributed by atoms with van der Waals surface area (Å²) < 4.78 is 15.4. The number of rotatable bonds is 5. The highest BCUT2D eigenvalue weighted by Gasteiger charge is 2.42. The molecule has 2 aromatic carbocycles. The Balaban J connectivity index is 1.48. The Labute approximate surface area is 168 Å². The van der Waals surface area contributed by atoms with Crippen molar-refractivity contribution in [3.8, 4) is 0 Å². The van der Waals surface area contributed by atoms with Crippen molar-refractivity contribution in [2.24, 2.45) is 7.05 Å². The second-order valence-corrected chi connectivity index (χ2v) is 7.96. The zero-order chi connectivity index (χ0) is 19.7. The van der Waals surface area contributed by atoms with Gasteiger partial charge in [-0.25, -0.2) is 9.37 Å². The van der Waals surface area contributed by atoms with Gasteiger partial charge in [0.05, 0.1) is 16.4 Å². The Kier molecular flexibility index (Phi) is 5.11. The summed E-state index contributed by atoms with van der Waals surface area (Å²) in [4.78, 5) is 17.7. The molecule has 0 aliphatic heterocycles. The summed E-state index contributed by atoms with van der Waals surface area (Å²) in [5.74, 6) is 0.598. The second kappa shape index (κ2) is 7.55. The Morgan fingerprint density at radius 1 is 1.25 bits per heavy atom. The van der Waals surface area contributed by atoms with Gasteiger partial charge in [-0.05, 0) is 48.7 Å². The maximum absolute atomic E-state index is 13.5. The van der Waals surface area contributed by atoms with E-state index in [1.165, 1.54) is 12.1 Å². The number of carbonyl (C=O) groups excluding carboxylic acids is 1. The average molecular weight is 400 g/mol. The van der Waals surface area contributed by atoms with E-state index in [0.29, 0.717) is 18.0 Å². The summed E-state index contributed by atoms with van der Waals surface area (Å²) in [5, 5.41) is 3.76. The summed E-state index contributed by atoms with van der Waals surface area (Å²) >= 11 is 6.17. The van der Waals surface area contributed by atoms with Gasteiger partial charge in [0.15, 0.2) is 0 Å². The molecular formula is C22H23ClFN3O. The summed E-state index contributed by atoms with van der Waals surface area (Å²) in [5.41, 5.74) is 2.01. The van der Waals surface area contributed by atoms with Gasteiger partial charge in [-0.1, -0.05) is 36.6 Å². The van der Waals surface area contributed by atoms with Crippen molar-refractivity contribution in [2.75, 3.05) is 6.54 Å². The van der Waals surface area contributed by atoms with Crippen molar-refractivity contribution in [3.05, 3.63) is 64.7 Å². The third-order valence-corrected chi connectivity index (χ3v) is 6.07. The molecule has 0 radical (unpaired) electrons. The van der Waals surface area contributed by atoms with Crippen LogP contribution in [-0.2, 0) is 23.7 Å². The van der Waals surface area contributed by atoms with E-state index in [4.69, 9.17) is 11.6 Å². The first-order valence-corrected chi connectivity index (χ1v) is 10.0. The van der Waals surface area contributed by atoms with Gasteiger partial charge in [-0.3, -0.25) is 4.79 Å². The molecular weight excluding hydrogens is 377 g/mol. The Bertz CT molecular complexity index is 1020. The molecule has 1 N–H and O–H groups in total. The minimum absolute atomic E-state index is 0.0528. The number of hydrogen-bond acceptors (Lipinski definition) is 2. The van der Waals surface area contributed by atoms with E-state index in [2.05, 4.69) is 10.3 Å². The summed E-state index contributed by atoms with van der Waals surface area (Å²) in [6.07, 6.45) is 4.34. The molecule has 0 saturated heterocycles. The largest absolute Gasteiger partial charge is 0.355 e. The number of aromatic nitrogens is 2. The SMILES string of the molecule is Cn1c(CCNC(=O)C2(c3cccc(Cl)c3)CCCC2)nc2ccc(F)cc21. The zero-order valence-corrected chi connectivity index (χ0v) is 16.6. The van der Waals surface area contributed by atoms with E-state index in [1.54, 1.807) is 6.07 Å². The average Bonchev–Trinajstić information content (AvgIpc) is 3.29. The number of amides is 1. The van der Waals surface area contributed by atoms with Gasteiger partial charge in [-0.2, -0.15) is 0 Å². The molecule has 1 aliphatic carbocycles. The van der Waals surface area contributed by atoms with Crippen LogP contribution in [0.4, 0.5) is 4.39 Å². The van der Waals surface area contributed by atoms with Crippen LogP contribution in [0, 0.1) is 5.82 Å². The minimum atomic E-state index is -0.500. The fourth-order valence-electron chi connectivity index (χ4n) is 4.31. The molecule has 4 nitrogen and oxygen atoms in total. The Morgan fingerprint density at radius 3 is 2.79 bits per heavy atom. The molecule has 1 fully saturated rings. The lowest BCUT2D eigenvalue weighted by Gasteiger charge is -2.28. The second-order valence-electron chi connectivity index (χ2n) is 7.53. The van der Waals surface area contributed by atoms with Crippen molar-refractivity contribution in [3.63, 3.8) is 0 Å². The monoisotopic (exact) mass is 399 g/mol. The molecule has 0 spiro atoms. The van der Waals surface area contributed by atoms with Crippen molar-refractivity contribution in [1.82, 2.24) is 14.9 Å². The van der Waals surface area contributed by atoms with Crippen LogP contribution in [0.15, 0.2) is 42.5 Å². The number of nitrogens with one attached hydrogen (secondary N) is 1. The van der Waals surface area contributed by atoms with Gasteiger partial charge in [0.2, 0.25) is 5.91 Å². The highest BCUT2D eigenvalue weighted by molar-refractivity contribution is 6.30. The molecule has 6 heteroatoms. The van der Waals surface area contributed by atoms with Crippen molar-refractivity contribution < 1.29 is 9.18 Å². The smallest absolute Gasteiger partial charge is 0.230 e. The summed E-state index contributed by atoms with van der Waals surface area (Å²) in [7, 11) is 1.87. The Hall–Kier alpha value is -2.40. The fraction of sp³-hybridized carbons (Fsp3) is 0.364. The molecule has 1 amide bonds. The molecule has 1 aromatic heterocycles. The standard InChI is InChI=1S/C22H23ClFN3O/c1-27-19-14-17(24)7-8-18(19)26-20(27)9-12-25-21(28)22(10-2-3-11-22)15-5-4-6-16(23)13-15/h4-8,13-14H,2-3,9-12H2,1H3,(H,25,28). The van der Waals surface area contributed by atoms with Gasteiger partial charge in [0.25, 0.3) is 0 Å². The summed E-state index contributed by atoms with van der Waals surface area (Å²) in [6.45, 7) is 0.487. The third-order valence-electron chi connectivity index (χ3n) is 5.84. The predicted octanol–water partition coefficient (Wildman–Crippen LogP) is 4.54. The predicted molar refractivity (Wildman–Crippen MR) is 109 cm³/mol. The van der Waals surface area contributed by atoms with Crippen molar-refractivity contribution >= 4 is 28.5 Å². The zero-order valence-electron chi connectivity index (χ0n) is 15.8. The van der Waals surface area contributed by atoms with E-state index >= 15 is 0 Å². The van der Waals surface area contributed by atoms with Crippen molar-refractivity contribution in [2.45, 2.75) is 37.5 Å². The number of carbonyl (C=O) groups is 1. The number of aryl methyl sites for hydroxylation is 1. The van der Waals surface area contributed by atoms with Crippen LogP contribution >= 0.6 is 11.6 Å². The number of nitrogens with zero attached hydrogens (tertiary/aromatic N) is 2. The van der Waals surface area contributed by atoms with Crippen LogP contribution in [-0.4, -0.2) is 22.0 Å². The first-order chi connectivity index (χ1) is 13.5. The molecule has 0 bridgehead atoms. The molecule has 1 heterocycles. The normalized spacial score (nSPS) is 15.8. The maximum Gasteiger partial charge on any atom is 0.230 e. The van der Waals surface area contributed by atoms with Gasteiger partial charge < -0.3 is 9.88 Å².